The van der Waals surface area contributed by atoms with Gasteiger partial charge in [0.1, 0.15) is 17.6 Å². The third-order valence-corrected chi connectivity index (χ3v) is 5.42. The van der Waals surface area contributed by atoms with E-state index in [1.54, 1.807) is 12.1 Å². The number of nitriles is 1. The van der Waals surface area contributed by atoms with Gasteiger partial charge in [-0.2, -0.15) is 5.26 Å². The second-order valence-corrected chi connectivity index (χ2v) is 8.76. The van der Waals surface area contributed by atoms with Gasteiger partial charge in [0, 0.05) is 29.5 Å². The predicted molar refractivity (Wildman–Crippen MR) is 128 cm³/mol. The number of nitrogens with zero attached hydrogens (tertiary/aromatic N) is 5. The van der Waals surface area contributed by atoms with Crippen molar-refractivity contribution in [2.24, 2.45) is 5.92 Å². The number of rotatable bonds is 7. The number of hydrogen-bond acceptors (Lipinski definition) is 6. The first-order valence-electron chi connectivity index (χ1n) is 10.2. The van der Waals surface area contributed by atoms with Gasteiger partial charge in [-0.15, -0.1) is 5.10 Å². The quantitative estimate of drug-likeness (QED) is 0.327. The minimum atomic E-state index is -0.526. The molecule has 2 N–H and O–H groups in total. The Hall–Kier alpha value is -3.41. The summed E-state index contributed by atoms with van der Waals surface area (Å²) in [5.74, 6) is -0.0577. The highest BCUT2D eigenvalue weighted by Gasteiger charge is 2.14. The van der Waals surface area contributed by atoms with Gasteiger partial charge in [-0.05, 0) is 36.2 Å². The first-order valence-corrected chi connectivity index (χ1v) is 11.0. The highest BCUT2D eigenvalue weighted by Crippen LogP contribution is 2.35. The standard InChI is InChI=1S/C23H20Cl2FN7/c1-13(2)11-33-12-17(31-32-33)10-28-16-5-18-22(30-15-3-4-21(26)19(24)6-15)14(8-27)9-29-23(18)20(25)7-16/h3-7,9,12-13,28H,10-11H2,1-2H3,(H,29,30). The summed E-state index contributed by atoms with van der Waals surface area (Å²) in [6.07, 6.45) is 3.35. The fraction of sp³-hybridized carbons (Fsp3) is 0.217. The van der Waals surface area contributed by atoms with Gasteiger partial charge < -0.3 is 10.6 Å². The Kier molecular flexibility index (Phi) is 6.63. The summed E-state index contributed by atoms with van der Waals surface area (Å²) < 4.78 is 15.4. The lowest BCUT2D eigenvalue weighted by Gasteiger charge is -2.14. The van der Waals surface area contributed by atoms with Crippen LogP contribution in [0, 0.1) is 23.1 Å². The van der Waals surface area contributed by atoms with Gasteiger partial charge in [0.15, 0.2) is 0 Å². The number of fused-ring (bicyclic) bond motifs is 1. The van der Waals surface area contributed by atoms with E-state index in [-0.39, 0.29) is 5.02 Å². The smallest absolute Gasteiger partial charge is 0.141 e. The molecule has 2 aromatic heterocycles. The molecule has 0 bridgehead atoms. The molecule has 0 saturated heterocycles. The fourth-order valence-corrected chi connectivity index (χ4v) is 3.82. The van der Waals surface area contributed by atoms with Crippen molar-refractivity contribution >= 4 is 51.2 Å². The maximum atomic E-state index is 13.6. The molecule has 0 amide bonds. The van der Waals surface area contributed by atoms with Crippen LogP contribution in [0.1, 0.15) is 25.1 Å². The number of aromatic nitrogens is 4. The third kappa shape index (κ3) is 5.16. The molecule has 2 aromatic carbocycles. The van der Waals surface area contributed by atoms with Crippen LogP contribution in [-0.2, 0) is 13.1 Å². The minimum Gasteiger partial charge on any atom is -0.379 e. The van der Waals surface area contributed by atoms with Crippen LogP contribution in [0.2, 0.25) is 10.0 Å². The number of benzene rings is 2. The average Bonchev–Trinajstić information content (AvgIpc) is 3.22. The number of hydrogen-bond donors (Lipinski definition) is 2. The fourth-order valence-electron chi connectivity index (χ4n) is 3.37. The van der Waals surface area contributed by atoms with Gasteiger partial charge in [0.2, 0.25) is 0 Å². The molecule has 4 aromatic rings. The van der Waals surface area contributed by atoms with Crippen LogP contribution < -0.4 is 10.6 Å². The van der Waals surface area contributed by atoms with Crippen LogP contribution in [0.5, 0.6) is 0 Å². The van der Waals surface area contributed by atoms with E-state index in [0.717, 1.165) is 17.9 Å². The van der Waals surface area contributed by atoms with Gasteiger partial charge in [-0.25, -0.2) is 4.39 Å². The molecule has 0 fully saturated rings. The highest BCUT2D eigenvalue weighted by molar-refractivity contribution is 6.36. The summed E-state index contributed by atoms with van der Waals surface area (Å²) in [5.41, 5.74) is 3.38. The molecule has 10 heteroatoms. The van der Waals surface area contributed by atoms with E-state index < -0.39 is 5.82 Å². The van der Waals surface area contributed by atoms with Gasteiger partial charge in [0.05, 0.1) is 39.6 Å². The Bertz CT molecular complexity index is 1360. The zero-order chi connectivity index (χ0) is 23.5. The monoisotopic (exact) mass is 483 g/mol. The van der Waals surface area contributed by atoms with Gasteiger partial charge in [-0.1, -0.05) is 42.3 Å². The molecular weight excluding hydrogens is 464 g/mol. The summed E-state index contributed by atoms with van der Waals surface area (Å²) >= 11 is 12.4. The highest BCUT2D eigenvalue weighted by atomic mass is 35.5. The Labute approximate surface area is 200 Å². The van der Waals surface area contributed by atoms with Crippen molar-refractivity contribution in [2.75, 3.05) is 10.6 Å². The molecule has 168 valence electrons. The van der Waals surface area contributed by atoms with E-state index in [1.807, 2.05) is 16.9 Å². The maximum absolute atomic E-state index is 13.6. The zero-order valence-electron chi connectivity index (χ0n) is 17.9. The van der Waals surface area contributed by atoms with Crippen LogP contribution in [0.3, 0.4) is 0 Å². The number of pyridine rings is 1. The Morgan fingerprint density at radius 3 is 2.67 bits per heavy atom. The lowest BCUT2D eigenvalue weighted by molar-refractivity contribution is 0.472. The molecule has 0 atom stereocenters. The lowest BCUT2D eigenvalue weighted by Crippen LogP contribution is -2.04. The van der Waals surface area contributed by atoms with Crippen molar-refractivity contribution in [1.29, 1.82) is 5.26 Å². The summed E-state index contributed by atoms with van der Waals surface area (Å²) in [6.45, 7) is 5.47. The summed E-state index contributed by atoms with van der Waals surface area (Å²) in [6, 6.07) is 9.99. The summed E-state index contributed by atoms with van der Waals surface area (Å²) in [7, 11) is 0. The number of halogens is 3. The average molecular weight is 484 g/mol. The predicted octanol–water partition coefficient (Wildman–Crippen LogP) is 6.16. The second kappa shape index (κ2) is 9.61. The van der Waals surface area contributed by atoms with E-state index in [2.05, 4.69) is 45.8 Å². The molecule has 0 aliphatic heterocycles. The molecule has 7 nitrogen and oxygen atoms in total. The lowest BCUT2D eigenvalue weighted by atomic mass is 10.1. The first-order chi connectivity index (χ1) is 15.8. The van der Waals surface area contributed by atoms with Crippen LogP contribution in [-0.4, -0.2) is 20.0 Å². The topological polar surface area (TPSA) is 91.5 Å². The second-order valence-electron chi connectivity index (χ2n) is 7.95. The van der Waals surface area contributed by atoms with E-state index in [4.69, 9.17) is 23.2 Å². The number of nitrogens with one attached hydrogen (secondary N) is 2. The minimum absolute atomic E-state index is 0.0252. The summed E-state index contributed by atoms with van der Waals surface area (Å²) in [4.78, 5) is 4.34. The maximum Gasteiger partial charge on any atom is 0.141 e. The van der Waals surface area contributed by atoms with Crippen molar-refractivity contribution in [3.63, 3.8) is 0 Å². The Balaban J connectivity index is 1.67. The van der Waals surface area contributed by atoms with Crippen molar-refractivity contribution in [3.05, 3.63) is 69.8 Å². The van der Waals surface area contributed by atoms with Crippen molar-refractivity contribution < 1.29 is 4.39 Å². The summed E-state index contributed by atoms with van der Waals surface area (Å²) in [5, 5.41) is 25.4. The Morgan fingerprint density at radius 2 is 1.94 bits per heavy atom. The largest absolute Gasteiger partial charge is 0.379 e. The van der Waals surface area contributed by atoms with Crippen molar-refractivity contribution in [1.82, 2.24) is 20.0 Å². The van der Waals surface area contributed by atoms with Gasteiger partial charge in [-0.3, -0.25) is 9.67 Å². The molecule has 0 radical (unpaired) electrons. The molecule has 0 unspecified atom stereocenters. The zero-order valence-corrected chi connectivity index (χ0v) is 19.4. The third-order valence-electron chi connectivity index (χ3n) is 4.85. The van der Waals surface area contributed by atoms with Crippen LogP contribution in [0.4, 0.5) is 21.5 Å². The van der Waals surface area contributed by atoms with E-state index in [0.29, 0.717) is 45.3 Å². The first kappa shape index (κ1) is 22.8. The Morgan fingerprint density at radius 1 is 1.15 bits per heavy atom. The van der Waals surface area contributed by atoms with E-state index in [1.165, 1.54) is 18.3 Å². The van der Waals surface area contributed by atoms with E-state index >= 15 is 0 Å². The van der Waals surface area contributed by atoms with Crippen molar-refractivity contribution in [3.8, 4) is 6.07 Å². The molecule has 2 heterocycles. The van der Waals surface area contributed by atoms with Crippen LogP contribution in [0.15, 0.2) is 42.7 Å². The molecule has 4 rings (SSSR count). The molecule has 0 aliphatic carbocycles. The van der Waals surface area contributed by atoms with Gasteiger partial charge >= 0.3 is 0 Å². The SMILES string of the molecule is CC(C)Cn1cc(CNc2cc(Cl)c3ncc(C#N)c(Nc4ccc(F)c(Cl)c4)c3c2)nn1. The number of anilines is 3. The molecule has 0 aliphatic rings. The molecular formula is C23H20Cl2FN7. The molecule has 0 saturated carbocycles. The van der Waals surface area contributed by atoms with Crippen LogP contribution in [0.25, 0.3) is 10.9 Å². The molecule has 33 heavy (non-hydrogen) atoms. The van der Waals surface area contributed by atoms with Crippen molar-refractivity contribution in [2.45, 2.75) is 26.9 Å². The van der Waals surface area contributed by atoms with E-state index in [9.17, 15) is 9.65 Å². The molecule has 0 spiro atoms. The van der Waals surface area contributed by atoms with Crippen LogP contribution >= 0.6 is 23.2 Å². The normalized spacial score (nSPS) is 11.1. The van der Waals surface area contributed by atoms with Gasteiger partial charge in [0.25, 0.3) is 0 Å².